The van der Waals surface area contributed by atoms with Crippen LogP contribution in [0.5, 0.6) is 11.5 Å². The zero-order valence-corrected chi connectivity index (χ0v) is 18.4. The molecule has 32 heavy (non-hydrogen) atoms. The van der Waals surface area contributed by atoms with Gasteiger partial charge < -0.3 is 23.7 Å². The quantitative estimate of drug-likeness (QED) is 0.335. The van der Waals surface area contributed by atoms with Crippen molar-refractivity contribution >= 4 is 17.2 Å². The maximum atomic E-state index is 13.4. The van der Waals surface area contributed by atoms with E-state index in [1.807, 2.05) is 25.1 Å². The first kappa shape index (κ1) is 22.3. The second-order valence-corrected chi connectivity index (χ2v) is 8.11. The van der Waals surface area contributed by atoms with Crippen LogP contribution >= 0.6 is 0 Å². The molecule has 0 unspecified atom stereocenters. The van der Waals surface area contributed by atoms with E-state index in [1.165, 1.54) is 12.1 Å². The number of likely N-dealkylation sites (tertiary alicyclic amines) is 1. The van der Waals surface area contributed by atoms with E-state index in [0.717, 1.165) is 61.9 Å². The van der Waals surface area contributed by atoms with Crippen molar-refractivity contribution in [3.8, 4) is 11.5 Å². The molecule has 0 bridgehead atoms. The Morgan fingerprint density at radius 2 is 2.00 bits per heavy atom. The van der Waals surface area contributed by atoms with Crippen LogP contribution in [-0.4, -0.2) is 49.2 Å². The Balaban J connectivity index is 1.24. The Kier molecular flexibility index (Phi) is 7.37. The third-order valence-electron chi connectivity index (χ3n) is 5.93. The number of ether oxygens (including phenoxy) is 2. The fourth-order valence-corrected chi connectivity index (χ4v) is 4.28. The Morgan fingerprint density at radius 1 is 1.16 bits per heavy atom. The van der Waals surface area contributed by atoms with Crippen LogP contribution in [0.3, 0.4) is 0 Å². The number of hydrogen-bond acceptors (Lipinski definition) is 6. The number of hydrogen-bond donors (Lipinski definition) is 0. The summed E-state index contributed by atoms with van der Waals surface area (Å²) in [7, 11) is 0. The summed E-state index contributed by atoms with van der Waals surface area (Å²) in [5.41, 5.74) is 1.51. The lowest BCUT2D eigenvalue weighted by Gasteiger charge is -2.30. The SMILES string of the molecule is CCOc1cc(CC=O)ccc1OCCCN1CCC(c2onc3cc(F)ccc23)CC1. The molecule has 3 aromatic rings. The van der Waals surface area contributed by atoms with Crippen molar-refractivity contribution in [2.75, 3.05) is 32.8 Å². The van der Waals surface area contributed by atoms with Crippen LogP contribution in [0.15, 0.2) is 40.9 Å². The van der Waals surface area contributed by atoms with Gasteiger partial charge in [0.2, 0.25) is 0 Å². The second-order valence-electron chi connectivity index (χ2n) is 8.11. The van der Waals surface area contributed by atoms with Crippen LogP contribution < -0.4 is 9.47 Å². The summed E-state index contributed by atoms with van der Waals surface area (Å²) in [6.07, 6.45) is 4.16. The number of aldehydes is 1. The van der Waals surface area contributed by atoms with Gasteiger partial charge in [-0.2, -0.15) is 0 Å². The van der Waals surface area contributed by atoms with Gasteiger partial charge in [0.1, 0.15) is 23.4 Å². The average molecular weight is 441 g/mol. The van der Waals surface area contributed by atoms with Crippen molar-refractivity contribution in [2.24, 2.45) is 0 Å². The van der Waals surface area contributed by atoms with E-state index >= 15 is 0 Å². The number of piperidine rings is 1. The molecule has 0 radical (unpaired) electrons. The summed E-state index contributed by atoms with van der Waals surface area (Å²) >= 11 is 0. The van der Waals surface area contributed by atoms with Crippen LogP contribution in [-0.2, 0) is 11.2 Å². The Hall–Kier alpha value is -2.93. The van der Waals surface area contributed by atoms with Gasteiger partial charge in [-0.05, 0) is 69.1 Å². The molecular weight excluding hydrogens is 411 g/mol. The average Bonchev–Trinajstić information content (AvgIpc) is 3.22. The number of nitrogens with zero attached hydrogens (tertiary/aromatic N) is 2. The lowest BCUT2D eigenvalue weighted by Crippen LogP contribution is -2.34. The van der Waals surface area contributed by atoms with Gasteiger partial charge in [-0.1, -0.05) is 11.2 Å². The highest BCUT2D eigenvalue weighted by Gasteiger charge is 2.25. The summed E-state index contributed by atoms with van der Waals surface area (Å²) in [5.74, 6) is 2.31. The molecule has 170 valence electrons. The van der Waals surface area contributed by atoms with E-state index in [1.54, 1.807) is 6.07 Å². The maximum Gasteiger partial charge on any atom is 0.161 e. The summed E-state index contributed by atoms with van der Waals surface area (Å²) < 4.78 is 30.6. The molecule has 4 rings (SSSR count). The van der Waals surface area contributed by atoms with Gasteiger partial charge >= 0.3 is 0 Å². The van der Waals surface area contributed by atoms with E-state index < -0.39 is 0 Å². The fraction of sp³-hybridized carbons (Fsp3) is 0.440. The lowest BCUT2D eigenvalue weighted by atomic mass is 9.92. The molecule has 0 amide bonds. The highest BCUT2D eigenvalue weighted by molar-refractivity contribution is 5.80. The molecule has 0 N–H and O–H groups in total. The molecule has 0 spiro atoms. The number of benzene rings is 2. The zero-order valence-electron chi connectivity index (χ0n) is 18.4. The predicted molar refractivity (Wildman–Crippen MR) is 120 cm³/mol. The minimum Gasteiger partial charge on any atom is -0.490 e. The topological polar surface area (TPSA) is 64.8 Å². The Morgan fingerprint density at radius 3 is 2.78 bits per heavy atom. The molecule has 2 heterocycles. The number of halogens is 1. The minimum atomic E-state index is -0.292. The number of carbonyl (C=O) groups is 1. The molecule has 1 aliphatic heterocycles. The summed E-state index contributed by atoms with van der Waals surface area (Å²) in [6.45, 7) is 6.01. The molecule has 1 saturated heterocycles. The maximum absolute atomic E-state index is 13.4. The van der Waals surface area contributed by atoms with Crippen molar-refractivity contribution in [1.29, 1.82) is 0 Å². The standard InChI is InChI=1S/C25H29FN2O4/c1-2-30-24-16-18(10-14-29)4-7-23(24)31-15-3-11-28-12-8-19(9-13-28)25-21-6-5-20(26)17-22(21)27-32-25/h4-7,14,16-17,19H,2-3,8-13,15H2,1H3. The van der Waals surface area contributed by atoms with E-state index in [2.05, 4.69) is 10.1 Å². The molecule has 1 fully saturated rings. The lowest BCUT2D eigenvalue weighted by molar-refractivity contribution is -0.107. The molecule has 7 heteroatoms. The summed E-state index contributed by atoms with van der Waals surface area (Å²) in [5, 5.41) is 4.95. The number of rotatable bonds is 10. The van der Waals surface area contributed by atoms with Crippen molar-refractivity contribution in [3.63, 3.8) is 0 Å². The van der Waals surface area contributed by atoms with Gasteiger partial charge in [-0.3, -0.25) is 0 Å². The monoisotopic (exact) mass is 440 g/mol. The molecule has 2 aromatic carbocycles. The second kappa shape index (κ2) is 10.6. The van der Waals surface area contributed by atoms with Gasteiger partial charge in [0, 0.05) is 30.3 Å². The fourth-order valence-electron chi connectivity index (χ4n) is 4.28. The van der Waals surface area contributed by atoms with Gasteiger partial charge in [-0.15, -0.1) is 0 Å². The first-order valence-corrected chi connectivity index (χ1v) is 11.3. The first-order valence-electron chi connectivity index (χ1n) is 11.3. The van der Waals surface area contributed by atoms with E-state index in [9.17, 15) is 9.18 Å². The highest BCUT2D eigenvalue weighted by atomic mass is 19.1. The zero-order chi connectivity index (χ0) is 22.3. The largest absolute Gasteiger partial charge is 0.490 e. The normalized spacial score (nSPS) is 15.2. The molecule has 0 aliphatic carbocycles. The van der Waals surface area contributed by atoms with Crippen molar-refractivity contribution in [2.45, 2.75) is 38.5 Å². The predicted octanol–water partition coefficient (Wildman–Crippen LogP) is 4.76. The number of aromatic nitrogens is 1. The third kappa shape index (κ3) is 5.27. The van der Waals surface area contributed by atoms with Crippen LogP contribution in [0.2, 0.25) is 0 Å². The molecule has 1 aliphatic rings. The van der Waals surface area contributed by atoms with Gasteiger partial charge in [0.15, 0.2) is 11.5 Å². The molecule has 0 atom stereocenters. The van der Waals surface area contributed by atoms with Crippen molar-refractivity contribution in [3.05, 3.63) is 53.5 Å². The Labute approximate surface area is 187 Å². The van der Waals surface area contributed by atoms with Crippen LogP contribution in [0.4, 0.5) is 4.39 Å². The Bertz CT molecular complexity index is 1040. The minimum absolute atomic E-state index is 0.292. The van der Waals surface area contributed by atoms with Gasteiger partial charge in [-0.25, -0.2) is 4.39 Å². The van der Waals surface area contributed by atoms with Crippen molar-refractivity contribution in [1.82, 2.24) is 10.1 Å². The molecular formula is C25H29FN2O4. The van der Waals surface area contributed by atoms with Crippen LogP contribution in [0, 0.1) is 5.82 Å². The van der Waals surface area contributed by atoms with Crippen LogP contribution in [0.1, 0.15) is 43.4 Å². The summed E-state index contributed by atoms with van der Waals surface area (Å²) in [4.78, 5) is 13.2. The van der Waals surface area contributed by atoms with E-state index in [-0.39, 0.29) is 5.82 Å². The van der Waals surface area contributed by atoms with Crippen LogP contribution in [0.25, 0.3) is 10.9 Å². The molecule has 1 aromatic heterocycles. The van der Waals surface area contributed by atoms with Gasteiger partial charge in [0.05, 0.1) is 13.2 Å². The summed E-state index contributed by atoms with van der Waals surface area (Å²) in [6, 6.07) is 10.3. The van der Waals surface area contributed by atoms with Gasteiger partial charge in [0.25, 0.3) is 0 Å². The highest BCUT2D eigenvalue weighted by Crippen LogP contribution is 2.33. The first-order chi connectivity index (χ1) is 15.7. The number of carbonyl (C=O) groups excluding carboxylic acids is 1. The smallest absolute Gasteiger partial charge is 0.161 e. The molecule has 0 saturated carbocycles. The van der Waals surface area contributed by atoms with E-state index in [4.69, 9.17) is 14.0 Å². The van der Waals surface area contributed by atoms with Crippen molar-refractivity contribution < 1.29 is 23.2 Å². The molecule has 6 nitrogen and oxygen atoms in total. The van der Waals surface area contributed by atoms with E-state index in [0.29, 0.717) is 42.6 Å². The third-order valence-corrected chi connectivity index (χ3v) is 5.93. The number of fused-ring (bicyclic) bond motifs is 1.